The van der Waals surface area contributed by atoms with Gasteiger partial charge in [-0.1, -0.05) is 13.8 Å². The Morgan fingerprint density at radius 2 is 1.81 bits per heavy atom. The molecule has 1 saturated carbocycles. The van der Waals surface area contributed by atoms with Crippen LogP contribution in [0.3, 0.4) is 0 Å². The molecule has 0 aromatic rings. The van der Waals surface area contributed by atoms with Crippen LogP contribution in [0, 0.1) is 10.8 Å². The maximum atomic E-state index is 12.7. The lowest BCUT2D eigenvalue weighted by molar-refractivity contribution is -0.153. The van der Waals surface area contributed by atoms with Crippen molar-refractivity contribution in [2.45, 2.75) is 59.5 Å². The van der Waals surface area contributed by atoms with E-state index < -0.39 is 5.60 Å². The van der Waals surface area contributed by atoms with Crippen LogP contribution in [-0.4, -0.2) is 11.4 Å². The molecule has 2 heteroatoms. The standard InChI is InChI=1S/C14H22O2/c1-10-9-13(4)11(15)14(5,16-10)8-6-7-12(13,2)3/h9H,6-8H2,1-5H3. The molecule has 1 aliphatic carbocycles. The van der Waals surface area contributed by atoms with Crippen molar-refractivity contribution in [1.82, 2.24) is 0 Å². The van der Waals surface area contributed by atoms with E-state index >= 15 is 0 Å². The highest BCUT2D eigenvalue weighted by molar-refractivity contribution is 5.95. The third kappa shape index (κ3) is 1.35. The Morgan fingerprint density at radius 1 is 1.19 bits per heavy atom. The number of Topliss-reactive ketones (excluding diaryl/α,β-unsaturated/α-hetero) is 1. The first-order valence-corrected chi connectivity index (χ1v) is 6.15. The molecule has 2 unspecified atom stereocenters. The normalized spacial score (nSPS) is 42.1. The van der Waals surface area contributed by atoms with E-state index in [1.807, 2.05) is 19.9 Å². The zero-order valence-corrected chi connectivity index (χ0v) is 11.0. The molecule has 90 valence electrons. The summed E-state index contributed by atoms with van der Waals surface area (Å²) in [5.74, 6) is 1.16. The Labute approximate surface area is 98.1 Å². The largest absolute Gasteiger partial charge is 0.485 e. The van der Waals surface area contributed by atoms with Crippen molar-refractivity contribution in [2.24, 2.45) is 10.8 Å². The monoisotopic (exact) mass is 222 g/mol. The number of ketones is 1. The van der Waals surface area contributed by atoms with E-state index in [0.29, 0.717) is 0 Å². The molecule has 1 fully saturated rings. The van der Waals surface area contributed by atoms with E-state index in [9.17, 15) is 4.79 Å². The van der Waals surface area contributed by atoms with E-state index in [-0.39, 0.29) is 16.6 Å². The van der Waals surface area contributed by atoms with Gasteiger partial charge in [-0.05, 0) is 51.5 Å². The molecule has 16 heavy (non-hydrogen) atoms. The van der Waals surface area contributed by atoms with Gasteiger partial charge in [0.05, 0.1) is 11.2 Å². The van der Waals surface area contributed by atoms with Gasteiger partial charge < -0.3 is 4.74 Å². The summed E-state index contributed by atoms with van der Waals surface area (Å²) in [5.41, 5.74) is -0.950. The second-order valence-corrected chi connectivity index (χ2v) is 6.36. The minimum atomic E-state index is -0.596. The maximum Gasteiger partial charge on any atom is 0.186 e. The van der Waals surface area contributed by atoms with Crippen molar-refractivity contribution in [3.63, 3.8) is 0 Å². The van der Waals surface area contributed by atoms with Crippen LogP contribution in [0.15, 0.2) is 11.8 Å². The molecule has 0 radical (unpaired) electrons. The molecule has 0 aromatic carbocycles. The summed E-state index contributed by atoms with van der Waals surface area (Å²) in [7, 11) is 0. The molecule has 2 bridgehead atoms. The minimum absolute atomic E-state index is 0.0207. The van der Waals surface area contributed by atoms with E-state index in [1.54, 1.807) is 0 Å². The van der Waals surface area contributed by atoms with Crippen LogP contribution in [0.25, 0.3) is 0 Å². The number of rotatable bonds is 0. The van der Waals surface area contributed by atoms with Gasteiger partial charge in [0.25, 0.3) is 0 Å². The smallest absolute Gasteiger partial charge is 0.186 e. The predicted molar refractivity (Wildman–Crippen MR) is 64.0 cm³/mol. The molecule has 0 aromatic heterocycles. The number of hydrogen-bond donors (Lipinski definition) is 0. The van der Waals surface area contributed by atoms with Gasteiger partial charge in [-0.25, -0.2) is 0 Å². The minimum Gasteiger partial charge on any atom is -0.485 e. The zero-order chi connectivity index (χ0) is 12.2. The second-order valence-electron chi connectivity index (χ2n) is 6.36. The first-order chi connectivity index (χ1) is 7.21. The fraction of sp³-hybridized carbons (Fsp3) is 0.786. The Balaban J connectivity index is 2.61. The Kier molecular flexibility index (Phi) is 2.28. The molecule has 1 aliphatic heterocycles. The third-order valence-corrected chi connectivity index (χ3v) is 4.69. The van der Waals surface area contributed by atoms with E-state index in [1.165, 1.54) is 0 Å². The third-order valence-electron chi connectivity index (χ3n) is 4.69. The number of fused-ring (bicyclic) bond motifs is 2. The molecular formula is C14H22O2. The van der Waals surface area contributed by atoms with Gasteiger partial charge in [-0.15, -0.1) is 0 Å². The Bertz CT molecular complexity index is 367. The second kappa shape index (κ2) is 3.12. The molecule has 2 aliphatic rings. The van der Waals surface area contributed by atoms with Crippen LogP contribution in [0.2, 0.25) is 0 Å². The molecule has 0 saturated heterocycles. The number of carbonyl (C=O) groups is 1. The number of hydrogen-bond acceptors (Lipinski definition) is 2. The number of allylic oxidation sites excluding steroid dienone is 2. The molecule has 2 rings (SSSR count). The molecular weight excluding hydrogens is 200 g/mol. The van der Waals surface area contributed by atoms with Crippen LogP contribution in [0.4, 0.5) is 0 Å². The van der Waals surface area contributed by atoms with Crippen molar-refractivity contribution >= 4 is 5.78 Å². The Morgan fingerprint density at radius 3 is 2.44 bits per heavy atom. The highest BCUT2D eigenvalue weighted by Crippen LogP contribution is 2.53. The molecule has 2 nitrogen and oxygen atoms in total. The first-order valence-electron chi connectivity index (χ1n) is 6.15. The van der Waals surface area contributed by atoms with Crippen LogP contribution in [-0.2, 0) is 9.53 Å². The van der Waals surface area contributed by atoms with Gasteiger partial charge in [0.15, 0.2) is 11.4 Å². The van der Waals surface area contributed by atoms with Crippen molar-refractivity contribution in [1.29, 1.82) is 0 Å². The summed E-state index contributed by atoms with van der Waals surface area (Å²) in [6.45, 7) is 10.4. The van der Waals surface area contributed by atoms with Crippen LogP contribution in [0.1, 0.15) is 53.9 Å². The van der Waals surface area contributed by atoms with Gasteiger partial charge >= 0.3 is 0 Å². The summed E-state index contributed by atoms with van der Waals surface area (Å²) in [4.78, 5) is 12.7. The highest BCUT2D eigenvalue weighted by Gasteiger charge is 2.57. The van der Waals surface area contributed by atoms with Crippen molar-refractivity contribution < 1.29 is 9.53 Å². The van der Waals surface area contributed by atoms with Crippen LogP contribution < -0.4 is 0 Å². The summed E-state index contributed by atoms with van der Waals surface area (Å²) in [5, 5.41) is 0. The average Bonchev–Trinajstić information content (AvgIpc) is 2.17. The summed E-state index contributed by atoms with van der Waals surface area (Å²) >= 11 is 0. The lowest BCUT2D eigenvalue weighted by atomic mass is 9.60. The topological polar surface area (TPSA) is 26.3 Å². The van der Waals surface area contributed by atoms with Gasteiger partial charge in [-0.2, -0.15) is 0 Å². The van der Waals surface area contributed by atoms with E-state index in [0.717, 1.165) is 25.0 Å². The molecule has 0 amide bonds. The lowest BCUT2D eigenvalue weighted by Gasteiger charge is -2.46. The number of ether oxygens (including phenoxy) is 1. The summed E-state index contributed by atoms with van der Waals surface area (Å²) < 4.78 is 5.81. The lowest BCUT2D eigenvalue weighted by Crippen LogP contribution is -2.52. The van der Waals surface area contributed by atoms with E-state index in [2.05, 4.69) is 20.8 Å². The fourth-order valence-electron chi connectivity index (χ4n) is 3.25. The predicted octanol–water partition coefficient (Wildman–Crippen LogP) is 3.46. The molecule has 0 N–H and O–H groups in total. The fourth-order valence-corrected chi connectivity index (χ4v) is 3.25. The highest BCUT2D eigenvalue weighted by atomic mass is 16.5. The molecule has 2 atom stereocenters. The first kappa shape index (κ1) is 11.7. The van der Waals surface area contributed by atoms with Gasteiger partial charge in [-0.3, -0.25) is 4.79 Å². The summed E-state index contributed by atoms with van der Waals surface area (Å²) in [6, 6.07) is 0. The van der Waals surface area contributed by atoms with Crippen molar-refractivity contribution in [3.05, 3.63) is 11.8 Å². The average molecular weight is 222 g/mol. The van der Waals surface area contributed by atoms with Crippen LogP contribution >= 0.6 is 0 Å². The van der Waals surface area contributed by atoms with Gasteiger partial charge in [0, 0.05) is 0 Å². The van der Waals surface area contributed by atoms with Gasteiger partial charge in [0.2, 0.25) is 0 Å². The quantitative estimate of drug-likeness (QED) is 0.627. The van der Waals surface area contributed by atoms with E-state index in [4.69, 9.17) is 4.74 Å². The molecule has 1 heterocycles. The zero-order valence-electron chi connectivity index (χ0n) is 11.0. The van der Waals surface area contributed by atoms with Gasteiger partial charge in [0.1, 0.15) is 0 Å². The SMILES string of the molecule is CC1=CC2(C)C(=O)C(C)(CCCC2(C)C)O1. The number of carbonyl (C=O) groups excluding carboxylic acids is 1. The van der Waals surface area contributed by atoms with Crippen molar-refractivity contribution in [2.75, 3.05) is 0 Å². The maximum absolute atomic E-state index is 12.7. The van der Waals surface area contributed by atoms with Crippen molar-refractivity contribution in [3.8, 4) is 0 Å². The van der Waals surface area contributed by atoms with Crippen LogP contribution in [0.5, 0.6) is 0 Å². The molecule has 0 spiro atoms. The Hall–Kier alpha value is -0.790. The summed E-state index contributed by atoms with van der Waals surface area (Å²) in [6.07, 6.45) is 5.02.